The fourth-order valence-electron chi connectivity index (χ4n) is 1.98. The van der Waals surface area contributed by atoms with Gasteiger partial charge >= 0.3 is 5.97 Å². The van der Waals surface area contributed by atoms with Gasteiger partial charge in [-0.1, -0.05) is 6.07 Å². The first kappa shape index (κ1) is 14.1. The molecule has 0 fully saturated rings. The number of hydrogen-bond acceptors (Lipinski definition) is 2. The number of halogens is 1. The molecule has 0 aliphatic rings. The van der Waals surface area contributed by atoms with Crippen LogP contribution in [0.15, 0.2) is 30.3 Å². The van der Waals surface area contributed by atoms with Crippen molar-refractivity contribution in [3.05, 3.63) is 58.4 Å². The van der Waals surface area contributed by atoms with Gasteiger partial charge in [-0.25, -0.2) is 9.18 Å². The average molecular weight is 274 g/mol. The van der Waals surface area contributed by atoms with Crippen LogP contribution in [0.5, 0.6) is 11.5 Å². The first-order valence-electron chi connectivity index (χ1n) is 6.17. The SMILES string of the molecule is Cc1cc(C)c(C)c(Oc2ccc(F)cc2C(=O)O)c1. The Bertz CT molecular complexity index is 678. The third-order valence-corrected chi connectivity index (χ3v) is 3.16. The Hall–Kier alpha value is -2.36. The van der Waals surface area contributed by atoms with E-state index in [0.717, 1.165) is 22.8 Å². The van der Waals surface area contributed by atoms with E-state index in [9.17, 15) is 9.18 Å². The van der Waals surface area contributed by atoms with Crippen molar-refractivity contribution in [2.24, 2.45) is 0 Å². The first-order chi connectivity index (χ1) is 9.38. The van der Waals surface area contributed by atoms with Gasteiger partial charge in [0, 0.05) is 0 Å². The van der Waals surface area contributed by atoms with Crippen LogP contribution in [0.1, 0.15) is 27.0 Å². The first-order valence-corrected chi connectivity index (χ1v) is 6.17. The summed E-state index contributed by atoms with van der Waals surface area (Å²) in [4.78, 5) is 11.1. The van der Waals surface area contributed by atoms with Crippen molar-refractivity contribution in [3.8, 4) is 11.5 Å². The van der Waals surface area contributed by atoms with Gasteiger partial charge in [0.25, 0.3) is 0 Å². The van der Waals surface area contributed by atoms with Gasteiger partial charge in [-0.2, -0.15) is 0 Å². The van der Waals surface area contributed by atoms with Crippen molar-refractivity contribution < 1.29 is 19.0 Å². The summed E-state index contributed by atoms with van der Waals surface area (Å²) in [5.74, 6) is -1.11. The van der Waals surface area contributed by atoms with Crippen molar-refractivity contribution in [2.45, 2.75) is 20.8 Å². The molecule has 0 unspecified atom stereocenters. The van der Waals surface area contributed by atoms with Gasteiger partial charge in [-0.05, 0) is 61.7 Å². The monoisotopic (exact) mass is 274 g/mol. The number of rotatable bonds is 3. The average Bonchev–Trinajstić information content (AvgIpc) is 2.37. The molecule has 4 heteroatoms. The van der Waals surface area contributed by atoms with Gasteiger partial charge in [0.15, 0.2) is 0 Å². The Balaban J connectivity index is 2.48. The zero-order valence-corrected chi connectivity index (χ0v) is 11.5. The Labute approximate surface area is 116 Å². The largest absolute Gasteiger partial charge is 0.478 e. The Morgan fingerprint density at radius 1 is 1.10 bits per heavy atom. The molecule has 0 aromatic heterocycles. The molecular formula is C16H15FO3. The van der Waals surface area contributed by atoms with Crippen LogP contribution in [0.4, 0.5) is 4.39 Å². The molecule has 0 atom stereocenters. The molecule has 2 aromatic rings. The van der Waals surface area contributed by atoms with E-state index in [-0.39, 0.29) is 11.3 Å². The number of ether oxygens (including phenoxy) is 1. The fourth-order valence-corrected chi connectivity index (χ4v) is 1.98. The van der Waals surface area contributed by atoms with Crippen LogP contribution in [0, 0.1) is 26.6 Å². The second kappa shape index (κ2) is 5.33. The Morgan fingerprint density at radius 2 is 1.80 bits per heavy atom. The minimum Gasteiger partial charge on any atom is -0.478 e. The van der Waals surface area contributed by atoms with E-state index in [0.29, 0.717) is 5.75 Å². The number of carboxylic acid groups (broad SMARTS) is 1. The van der Waals surface area contributed by atoms with E-state index in [1.165, 1.54) is 12.1 Å². The van der Waals surface area contributed by atoms with Crippen molar-refractivity contribution in [2.75, 3.05) is 0 Å². The fraction of sp³-hybridized carbons (Fsp3) is 0.188. The standard InChI is InChI=1S/C16H15FO3/c1-9-6-10(2)11(3)15(7-9)20-14-5-4-12(17)8-13(14)16(18)19/h4-8H,1-3H3,(H,18,19). The molecule has 0 amide bonds. The molecule has 0 radical (unpaired) electrons. The molecule has 0 saturated heterocycles. The molecule has 0 aliphatic heterocycles. The van der Waals surface area contributed by atoms with Crippen molar-refractivity contribution in [3.63, 3.8) is 0 Å². The maximum absolute atomic E-state index is 13.1. The summed E-state index contributed by atoms with van der Waals surface area (Å²) in [5.41, 5.74) is 2.81. The second-order valence-corrected chi connectivity index (χ2v) is 4.75. The lowest BCUT2D eigenvalue weighted by molar-refractivity contribution is 0.0693. The van der Waals surface area contributed by atoms with E-state index in [2.05, 4.69) is 0 Å². The highest BCUT2D eigenvalue weighted by molar-refractivity contribution is 5.91. The third-order valence-electron chi connectivity index (χ3n) is 3.16. The molecule has 20 heavy (non-hydrogen) atoms. The predicted octanol–water partition coefficient (Wildman–Crippen LogP) is 4.24. The maximum atomic E-state index is 13.1. The molecule has 2 aromatic carbocycles. The summed E-state index contributed by atoms with van der Waals surface area (Å²) in [6, 6.07) is 7.31. The van der Waals surface area contributed by atoms with Gasteiger partial charge in [0.05, 0.1) is 0 Å². The zero-order chi connectivity index (χ0) is 14.9. The summed E-state index contributed by atoms with van der Waals surface area (Å²) in [5, 5.41) is 9.10. The lowest BCUT2D eigenvalue weighted by Gasteiger charge is -2.13. The summed E-state index contributed by atoms with van der Waals surface area (Å²) in [6.07, 6.45) is 0. The van der Waals surface area contributed by atoms with Crippen molar-refractivity contribution >= 4 is 5.97 Å². The number of aryl methyl sites for hydroxylation is 2. The van der Waals surface area contributed by atoms with Gasteiger partial charge in [0.1, 0.15) is 22.9 Å². The number of carboxylic acids is 1. The van der Waals surface area contributed by atoms with Crippen LogP contribution in [0.3, 0.4) is 0 Å². The zero-order valence-electron chi connectivity index (χ0n) is 11.5. The Kier molecular flexibility index (Phi) is 3.74. The van der Waals surface area contributed by atoms with Crippen LogP contribution in [-0.2, 0) is 0 Å². The summed E-state index contributed by atoms with van der Waals surface area (Å²) < 4.78 is 18.8. The lowest BCUT2D eigenvalue weighted by Crippen LogP contribution is -2.02. The molecule has 0 aliphatic carbocycles. The molecule has 104 valence electrons. The highest BCUT2D eigenvalue weighted by atomic mass is 19.1. The van der Waals surface area contributed by atoms with Crippen LogP contribution in [-0.4, -0.2) is 11.1 Å². The molecule has 0 heterocycles. The maximum Gasteiger partial charge on any atom is 0.339 e. The molecule has 0 bridgehead atoms. The topological polar surface area (TPSA) is 46.5 Å². The molecule has 0 saturated carbocycles. The van der Waals surface area contributed by atoms with Crippen LogP contribution in [0.25, 0.3) is 0 Å². The van der Waals surface area contributed by atoms with E-state index < -0.39 is 11.8 Å². The number of hydrogen-bond donors (Lipinski definition) is 1. The Morgan fingerprint density at radius 3 is 2.45 bits per heavy atom. The van der Waals surface area contributed by atoms with E-state index in [4.69, 9.17) is 9.84 Å². The highest BCUT2D eigenvalue weighted by Crippen LogP contribution is 2.31. The summed E-state index contributed by atoms with van der Waals surface area (Å²) >= 11 is 0. The number of benzene rings is 2. The smallest absolute Gasteiger partial charge is 0.339 e. The van der Waals surface area contributed by atoms with Crippen LogP contribution < -0.4 is 4.74 Å². The van der Waals surface area contributed by atoms with Crippen molar-refractivity contribution in [1.29, 1.82) is 0 Å². The van der Waals surface area contributed by atoms with E-state index in [1.807, 2.05) is 32.9 Å². The highest BCUT2D eigenvalue weighted by Gasteiger charge is 2.14. The van der Waals surface area contributed by atoms with Gasteiger partial charge in [-0.15, -0.1) is 0 Å². The van der Waals surface area contributed by atoms with E-state index in [1.54, 1.807) is 0 Å². The number of aromatic carboxylic acids is 1. The van der Waals surface area contributed by atoms with Crippen LogP contribution in [0.2, 0.25) is 0 Å². The quantitative estimate of drug-likeness (QED) is 0.910. The molecular weight excluding hydrogens is 259 g/mol. The van der Waals surface area contributed by atoms with Crippen LogP contribution >= 0.6 is 0 Å². The summed E-state index contributed by atoms with van der Waals surface area (Å²) in [7, 11) is 0. The van der Waals surface area contributed by atoms with Crippen molar-refractivity contribution in [1.82, 2.24) is 0 Å². The van der Waals surface area contributed by atoms with Gasteiger partial charge < -0.3 is 9.84 Å². The second-order valence-electron chi connectivity index (χ2n) is 4.75. The van der Waals surface area contributed by atoms with Gasteiger partial charge in [-0.3, -0.25) is 0 Å². The predicted molar refractivity (Wildman–Crippen MR) is 74.1 cm³/mol. The number of carbonyl (C=O) groups is 1. The minimum atomic E-state index is -1.22. The molecule has 2 rings (SSSR count). The molecule has 3 nitrogen and oxygen atoms in total. The van der Waals surface area contributed by atoms with Gasteiger partial charge in [0.2, 0.25) is 0 Å². The lowest BCUT2D eigenvalue weighted by atomic mass is 10.1. The van der Waals surface area contributed by atoms with E-state index >= 15 is 0 Å². The minimum absolute atomic E-state index is 0.131. The molecule has 0 spiro atoms. The summed E-state index contributed by atoms with van der Waals surface area (Å²) in [6.45, 7) is 5.79. The molecule has 1 N–H and O–H groups in total. The third kappa shape index (κ3) is 2.79. The normalized spacial score (nSPS) is 10.4.